The van der Waals surface area contributed by atoms with Gasteiger partial charge in [0.15, 0.2) is 6.10 Å². The molecule has 1 atom stereocenters. The van der Waals surface area contributed by atoms with Crippen LogP contribution in [0.15, 0.2) is 36.7 Å². The van der Waals surface area contributed by atoms with E-state index in [9.17, 15) is 23.2 Å². The van der Waals surface area contributed by atoms with Crippen molar-refractivity contribution in [3.05, 3.63) is 69.8 Å². The third-order valence-electron chi connectivity index (χ3n) is 5.21. The number of nitrogens with zero attached hydrogens (tertiary/aromatic N) is 5. The van der Waals surface area contributed by atoms with Gasteiger partial charge < -0.3 is 9.64 Å². The Balaban J connectivity index is 1.62. The SMILES string of the molecule is Cc1cc(-n2cc3c(n2)CN(C(=O)c2c(O[C@@H](C)C(F)(F)F)ccc(C#N)c2Cl)C3)ccn1. The Morgan fingerprint density at radius 1 is 1.30 bits per heavy atom. The Bertz CT molecular complexity index is 1260. The molecule has 33 heavy (non-hydrogen) atoms. The third kappa shape index (κ3) is 4.36. The summed E-state index contributed by atoms with van der Waals surface area (Å²) in [7, 11) is 0. The molecule has 0 unspecified atom stereocenters. The van der Waals surface area contributed by atoms with Crippen LogP contribution in [0.5, 0.6) is 5.75 Å². The van der Waals surface area contributed by atoms with Gasteiger partial charge in [-0.3, -0.25) is 9.78 Å². The highest BCUT2D eigenvalue weighted by Crippen LogP contribution is 2.36. The van der Waals surface area contributed by atoms with E-state index in [-0.39, 0.29) is 35.0 Å². The largest absolute Gasteiger partial charge is 0.480 e. The molecule has 1 aliphatic heterocycles. The van der Waals surface area contributed by atoms with E-state index in [0.29, 0.717) is 5.69 Å². The second-order valence-corrected chi connectivity index (χ2v) is 7.95. The highest BCUT2D eigenvalue weighted by Gasteiger charge is 2.39. The number of alkyl halides is 3. The van der Waals surface area contributed by atoms with Crippen LogP contribution in [0.4, 0.5) is 13.2 Å². The van der Waals surface area contributed by atoms with Crippen molar-refractivity contribution in [3.8, 4) is 17.5 Å². The maximum atomic E-state index is 13.3. The molecule has 0 saturated heterocycles. The molecule has 1 amide bonds. The summed E-state index contributed by atoms with van der Waals surface area (Å²) in [4.78, 5) is 18.8. The molecule has 0 spiro atoms. The number of aryl methyl sites for hydroxylation is 1. The molecule has 0 radical (unpaired) electrons. The zero-order valence-electron chi connectivity index (χ0n) is 17.5. The summed E-state index contributed by atoms with van der Waals surface area (Å²) in [5.41, 5.74) is 2.76. The summed E-state index contributed by atoms with van der Waals surface area (Å²) in [5, 5.41) is 13.5. The van der Waals surface area contributed by atoms with Gasteiger partial charge in [0.2, 0.25) is 0 Å². The van der Waals surface area contributed by atoms with Crippen LogP contribution in [0.2, 0.25) is 5.02 Å². The van der Waals surface area contributed by atoms with Gasteiger partial charge in [0.05, 0.1) is 28.5 Å². The lowest BCUT2D eigenvalue weighted by Gasteiger charge is -2.23. The molecule has 0 aliphatic carbocycles. The third-order valence-corrected chi connectivity index (χ3v) is 5.61. The zero-order valence-corrected chi connectivity index (χ0v) is 18.3. The number of hydrogen-bond donors (Lipinski definition) is 0. The fourth-order valence-corrected chi connectivity index (χ4v) is 3.74. The van der Waals surface area contributed by atoms with Crippen molar-refractivity contribution in [1.82, 2.24) is 19.7 Å². The minimum absolute atomic E-state index is 0.0396. The molecule has 11 heteroatoms. The molecule has 0 N–H and O–H groups in total. The van der Waals surface area contributed by atoms with E-state index in [4.69, 9.17) is 16.3 Å². The summed E-state index contributed by atoms with van der Waals surface area (Å²) in [5.74, 6) is -0.985. The highest BCUT2D eigenvalue weighted by atomic mass is 35.5. The van der Waals surface area contributed by atoms with E-state index >= 15 is 0 Å². The number of benzene rings is 1. The molecule has 3 aromatic rings. The number of carbonyl (C=O) groups excluding carboxylic acids is 1. The molecule has 1 aromatic carbocycles. The lowest BCUT2D eigenvalue weighted by molar-refractivity contribution is -0.189. The molecule has 4 rings (SSSR count). The normalized spacial score (nSPS) is 14.0. The van der Waals surface area contributed by atoms with Crippen molar-refractivity contribution < 1.29 is 22.7 Å². The maximum Gasteiger partial charge on any atom is 0.425 e. The van der Waals surface area contributed by atoms with E-state index in [1.165, 1.54) is 11.0 Å². The van der Waals surface area contributed by atoms with Crippen LogP contribution in [0.3, 0.4) is 0 Å². The standard InChI is InChI=1S/C22H17ClF3N5O2/c1-12-7-16(5-6-28-12)31-10-15-9-30(11-17(15)29-31)21(32)19-18(33-13(2)22(24,25)26)4-3-14(8-27)20(19)23/h3-7,10,13H,9,11H2,1-2H3/t13-/m0/s1. The van der Waals surface area contributed by atoms with Gasteiger partial charge in [0.25, 0.3) is 5.91 Å². The van der Waals surface area contributed by atoms with Gasteiger partial charge in [0.1, 0.15) is 17.4 Å². The van der Waals surface area contributed by atoms with Crippen LogP contribution in [-0.2, 0) is 13.1 Å². The average Bonchev–Trinajstić information content (AvgIpc) is 3.32. The fraction of sp³-hybridized carbons (Fsp3) is 0.273. The molecule has 3 heterocycles. The fourth-order valence-electron chi connectivity index (χ4n) is 3.46. The first-order valence-corrected chi connectivity index (χ1v) is 10.2. The summed E-state index contributed by atoms with van der Waals surface area (Å²) in [6.45, 7) is 3.00. The monoisotopic (exact) mass is 475 g/mol. The van der Waals surface area contributed by atoms with Crippen molar-refractivity contribution >= 4 is 17.5 Å². The summed E-state index contributed by atoms with van der Waals surface area (Å²) in [6.07, 6.45) is -3.36. The van der Waals surface area contributed by atoms with Gasteiger partial charge in [-0.25, -0.2) is 4.68 Å². The molecule has 2 aromatic heterocycles. The molecule has 0 fully saturated rings. The molecule has 1 aliphatic rings. The molecule has 0 saturated carbocycles. The number of nitriles is 1. The first kappa shape index (κ1) is 22.6. The Morgan fingerprint density at radius 3 is 2.70 bits per heavy atom. The molecule has 170 valence electrons. The number of halogens is 4. The van der Waals surface area contributed by atoms with Crippen LogP contribution in [0, 0.1) is 18.3 Å². The van der Waals surface area contributed by atoms with E-state index in [2.05, 4.69) is 10.1 Å². The Labute approximate surface area is 192 Å². The second-order valence-electron chi connectivity index (χ2n) is 7.58. The number of ether oxygens (including phenoxy) is 1. The zero-order chi connectivity index (χ0) is 23.9. The van der Waals surface area contributed by atoms with Crippen LogP contribution < -0.4 is 4.74 Å². The predicted octanol–water partition coefficient (Wildman–Crippen LogP) is 4.59. The van der Waals surface area contributed by atoms with E-state index in [0.717, 1.165) is 29.9 Å². The first-order valence-electron chi connectivity index (χ1n) is 9.84. The number of pyridine rings is 1. The van der Waals surface area contributed by atoms with Crippen LogP contribution in [0.1, 0.15) is 39.8 Å². The van der Waals surface area contributed by atoms with Crippen molar-refractivity contribution in [1.29, 1.82) is 5.26 Å². The van der Waals surface area contributed by atoms with Crippen molar-refractivity contribution in [2.45, 2.75) is 39.2 Å². The predicted molar refractivity (Wildman–Crippen MR) is 112 cm³/mol. The highest BCUT2D eigenvalue weighted by molar-refractivity contribution is 6.35. The van der Waals surface area contributed by atoms with E-state index in [1.54, 1.807) is 23.1 Å². The van der Waals surface area contributed by atoms with Crippen molar-refractivity contribution in [2.24, 2.45) is 0 Å². The molecular formula is C22H17ClF3N5O2. The van der Waals surface area contributed by atoms with Crippen molar-refractivity contribution in [2.75, 3.05) is 0 Å². The number of fused-ring (bicyclic) bond motifs is 1. The van der Waals surface area contributed by atoms with Crippen LogP contribution in [-0.4, -0.2) is 37.9 Å². The van der Waals surface area contributed by atoms with Gasteiger partial charge in [-0.2, -0.15) is 23.5 Å². The van der Waals surface area contributed by atoms with Gasteiger partial charge in [-0.1, -0.05) is 11.6 Å². The second kappa shape index (κ2) is 8.41. The number of carbonyl (C=O) groups is 1. The molecule has 7 nitrogen and oxygen atoms in total. The number of aromatic nitrogens is 3. The summed E-state index contributed by atoms with van der Waals surface area (Å²) in [6, 6.07) is 7.87. The van der Waals surface area contributed by atoms with Crippen LogP contribution in [0.25, 0.3) is 5.69 Å². The summed E-state index contributed by atoms with van der Waals surface area (Å²) >= 11 is 6.23. The lowest BCUT2D eigenvalue weighted by Crippen LogP contribution is -2.33. The van der Waals surface area contributed by atoms with E-state index < -0.39 is 18.2 Å². The van der Waals surface area contributed by atoms with Gasteiger partial charge in [-0.15, -0.1) is 0 Å². The molecule has 0 bridgehead atoms. The minimum Gasteiger partial charge on any atom is -0.480 e. The van der Waals surface area contributed by atoms with Gasteiger partial charge >= 0.3 is 6.18 Å². The Kier molecular flexibility index (Phi) is 5.76. The van der Waals surface area contributed by atoms with Crippen LogP contribution >= 0.6 is 11.6 Å². The average molecular weight is 476 g/mol. The maximum absolute atomic E-state index is 13.3. The number of amides is 1. The van der Waals surface area contributed by atoms with E-state index in [1.807, 2.05) is 19.1 Å². The number of rotatable bonds is 4. The summed E-state index contributed by atoms with van der Waals surface area (Å²) < 4.78 is 45.8. The minimum atomic E-state index is -4.64. The lowest BCUT2D eigenvalue weighted by atomic mass is 10.1. The van der Waals surface area contributed by atoms with Crippen molar-refractivity contribution in [3.63, 3.8) is 0 Å². The van der Waals surface area contributed by atoms with Gasteiger partial charge in [0, 0.05) is 30.2 Å². The smallest absolute Gasteiger partial charge is 0.425 e. The Morgan fingerprint density at radius 2 is 2.06 bits per heavy atom. The van der Waals surface area contributed by atoms with Gasteiger partial charge in [-0.05, 0) is 38.1 Å². The quantitative estimate of drug-likeness (QED) is 0.551. The first-order chi connectivity index (χ1) is 15.6. The topological polar surface area (TPSA) is 84.0 Å². The molecular weight excluding hydrogens is 459 g/mol. The number of hydrogen-bond acceptors (Lipinski definition) is 5. The Hall–Kier alpha value is -3.58.